The van der Waals surface area contributed by atoms with E-state index < -0.39 is 0 Å². The Kier molecular flexibility index (Phi) is 2.28. The molecule has 2 aliphatic rings. The molecule has 0 aromatic heterocycles. The maximum Gasteiger partial charge on any atom is 0.0206 e. The summed E-state index contributed by atoms with van der Waals surface area (Å²) in [5.41, 5.74) is 1.47. The average molecular weight is 356 g/mol. The molecule has 0 radical (unpaired) electrons. The van der Waals surface area contributed by atoms with Crippen LogP contribution in [0.1, 0.15) is 0 Å². The lowest BCUT2D eigenvalue weighted by molar-refractivity contribution is 1.74. The van der Waals surface area contributed by atoms with E-state index in [4.69, 9.17) is 0 Å². The maximum atomic E-state index is 2.46. The van der Waals surface area contributed by atoms with Crippen LogP contribution >= 0.6 is 41.5 Å². The van der Waals surface area contributed by atoms with Gasteiger partial charge in [0.1, 0.15) is 0 Å². The molecule has 0 unspecified atom stereocenters. The quantitative estimate of drug-likeness (QED) is 0.586. The van der Waals surface area contributed by atoms with Gasteiger partial charge in [0.25, 0.3) is 0 Å². The second-order valence-corrected chi connectivity index (χ2v) is 6.49. The second-order valence-electron chi connectivity index (χ2n) is 1.93. The van der Waals surface area contributed by atoms with Crippen LogP contribution in [-0.4, -0.2) is 8.02 Å². The number of fused-ring (bicyclic) bond motifs is 1. The van der Waals surface area contributed by atoms with Crippen LogP contribution in [0.15, 0.2) is 31.5 Å². The third-order valence-electron chi connectivity index (χ3n) is 1.28. The monoisotopic (exact) mass is 356 g/mol. The van der Waals surface area contributed by atoms with Gasteiger partial charge in [-0.2, -0.15) is 0 Å². The van der Waals surface area contributed by atoms with Gasteiger partial charge in [-0.05, 0) is 23.8 Å². The molecule has 0 spiro atoms. The van der Waals surface area contributed by atoms with Crippen LogP contribution in [0.25, 0.3) is 0 Å². The molecule has 10 heavy (non-hydrogen) atoms. The molecule has 52 valence electrons. The van der Waals surface area contributed by atoms with Crippen molar-refractivity contribution in [1.29, 1.82) is 0 Å². The molecule has 0 aliphatic carbocycles. The number of hydrogen-bond donors (Lipinski definition) is 0. The molecule has 0 saturated heterocycles. The van der Waals surface area contributed by atoms with E-state index in [0.29, 0.717) is 0 Å². The molecule has 0 saturated carbocycles. The van der Waals surface area contributed by atoms with E-state index in [2.05, 4.69) is 30.3 Å². The minimum absolute atomic E-state index is 0.242. The largest absolute Gasteiger partial charge is 0.0926 e. The molecule has 0 fully saturated rings. The van der Waals surface area contributed by atoms with Gasteiger partial charge in [-0.3, -0.25) is 0 Å². The number of halogens is 2. The zero-order chi connectivity index (χ0) is 6.81. The first-order chi connectivity index (χ1) is 4.97. The molecule has 0 bridgehead atoms. The Bertz CT molecular complexity index is 260. The fourth-order valence-electron chi connectivity index (χ4n) is 0.805. The molecule has 0 N–H and O–H groups in total. The summed E-state index contributed by atoms with van der Waals surface area (Å²) >= 11 is 0.521. The van der Waals surface area contributed by atoms with Crippen LogP contribution in [-0.2, 0) is 0 Å². The predicted octanol–water partition coefficient (Wildman–Crippen LogP) is 2.88. The van der Waals surface area contributed by atoms with Crippen molar-refractivity contribution < 1.29 is 0 Å². The molecule has 0 nitrogen and oxygen atoms in total. The van der Waals surface area contributed by atoms with Gasteiger partial charge in [0.15, 0.2) is 0 Å². The van der Waals surface area contributed by atoms with Gasteiger partial charge in [0.2, 0.25) is 0 Å². The predicted molar refractivity (Wildman–Crippen MR) is 65.5 cm³/mol. The molecule has 2 heteroatoms. The lowest BCUT2D eigenvalue weighted by Gasteiger charge is -2.06. The molecule has 2 rings (SSSR count). The van der Waals surface area contributed by atoms with Crippen LogP contribution < -0.4 is 0 Å². The average Bonchev–Trinajstić information content (AvgIpc) is 2.05. The highest BCUT2D eigenvalue weighted by molar-refractivity contribution is 14.2. The molecule has 2 heterocycles. The summed E-state index contributed by atoms with van der Waals surface area (Å²) in [6.45, 7) is 0. The second kappa shape index (κ2) is 3.21. The minimum atomic E-state index is 0.242. The van der Waals surface area contributed by atoms with Crippen molar-refractivity contribution in [3.8, 4) is 0 Å². The Balaban J connectivity index is 2.52. The molecular formula is C8H6I2. The molecule has 0 amide bonds. The van der Waals surface area contributed by atoms with Crippen LogP contribution in [0.5, 0.6) is 0 Å². The SMILES string of the molecule is C1=CC2=CC=IC=C2I=C1. The smallest absolute Gasteiger partial charge is 0.0206 e. The Morgan fingerprint density at radius 2 is 2.20 bits per heavy atom. The number of rotatable bonds is 0. The van der Waals surface area contributed by atoms with Crippen LogP contribution in [0.3, 0.4) is 0 Å². The molecular weight excluding hydrogens is 350 g/mol. The normalized spacial score (nSPS) is 21.6. The molecule has 0 aromatic carbocycles. The minimum Gasteiger partial charge on any atom is -0.0926 e. The van der Waals surface area contributed by atoms with Crippen LogP contribution in [0, 0.1) is 0 Å². The van der Waals surface area contributed by atoms with Gasteiger partial charge in [-0.15, -0.1) is 0 Å². The van der Waals surface area contributed by atoms with Crippen LogP contribution in [0.2, 0.25) is 0 Å². The van der Waals surface area contributed by atoms with Crippen molar-refractivity contribution in [2.75, 3.05) is 0 Å². The van der Waals surface area contributed by atoms with Gasteiger partial charge in [-0.25, -0.2) is 0 Å². The van der Waals surface area contributed by atoms with Crippen molar-refractivity contribution in [1.82, 2.24) is 0 Å². The highest BCUT2D eigenvalue weighted by Crippen LogP contribution is 2.31. The van der Waals surface area contributed by atoms with Gasteiger partial charge in [0, 0.05) is 3.58 Å². The van der Waals surface area contributed by atoms with Crippen molar-refractivity contribution in [2.45, 2.75) is 0 Å². The third-order valence-corrected chi connectivity index (χ3v) is 6.61. The highest BCUT2D eigenvalue weighted by Gasteiger charge is 2.02. The van der Waals surface area contributed by atoms with Crippen molar-refractivity contribution in [3.63, 3.8) is 0 Å². The van der Waals surface area contributed by atoms with Gasteiger partial charge in [-0.1, -0.05) is 53.6 Å². The lowest BCUT2D eigenvalue weighted by atomic mass is 10.2. The summed E-state index contributed by atoms with van der Waals surface area (Å²) in [6.07, 6.45) is 6.69. The van der Waals surface area contributed by atoms with E-state index in [1.807, 2.05) is 0 Å². The highest BCUT2D eigenvalue weighted by atomic mass is 127. The summed E-state index contributed by atoms with van der Waals surface area (Å²) in [7, 11) is 0. The summed E-state index contributed by atoms with van der Waals surface area (Å²) in [5.74, 6) is 0. The van der Waals surface area contributed by atoms with E-state index in [1.165, 1.54) is 5.57 Å². The van der Waals surface area contributed by atoms with Gasteiger partial charge < -0.3 is 0 Å². The first-order valence-electron chi connectivity index (χ1n) is 2.96. The summed E-state index contributed by atoms with van der Waals surface area (Å²) < 4.78 is 8.77. The topological polar surface area (TPSA) is 0 Å². The molecule has 2 aliphatic heterocycles. The fourth-order valence-corrected chi connectivity index (χ4v) is 5.76. The standard InChI is InChI=1S/C8H6I2/c1-2-7-3-5-9-6-8(7)10-4-1/h1-6H. The van der Waals surface area contributed by atoms with E-state index in [-0.39, 0.29) is 41.5 Å². The summed E-state index contributed by atoms with van der Waals surface area (Å²) in [5, 5.41) is 0. The fraction of sp³-hybridized carbons (Fsp3) is 0. The van der Waals surface area contributed by atoms with E-state index in [0.717, 1.165) is 0 Å². The van der Waals surface area contributed by atoms with E-state index >= 15 is 0 Å². The van der Waals surface area contributed by atoms with Gasteiger partial charge in [0.05, 0.1) is 0 Å². The maximum absolute atomic E-state index is 2.46. The zero-order valence-electron chi connectivity index (χ0n) is 5.22. The lowest BCUT2D eigenvalue weighted by Crippen LogP contribution is -1.85. The molecule has 0 aromatic rings. The van der Waals surface area contributed by atoms with E-state index in [1.54, 1.807) is 3.58 Å². The number of allylic oxidation sites excluding steroid dienone is 5. The first kappa shape index (κ1) is 7.09. The Morgan fingerprint density at radius 3 is 3.10 bits per heavy atom. The van der Waals surface area contributed by atoms with Crippen molar-refractivity contribution >= 4 is 49.5 Å². The molecule has 0 atom stereocenters. The van der Waals surface area contributed by atoms with Gasteiger partial charge >= 0.3 is 0 Å². The zero-order valence-corrected chi connectivity index (χ0v) is 9.54. The summed E-state index contributed by atoms with van der Waals surface area (Å²) in [4.78, 5) is 0. The van der Waals surface area contributed by atoms with Crippen molar-refractivity contribution in [2.24, 2.45) is 0 Å². The third kappa shape index (κ3) is 1.37. The number of hydrogen-bond acceptors (Lipinski definition) is 0. The Labute approximate surface area is 80.2 Å². The van der Waals surface area contributed by atoms with E-state index in [9.17, 15) is 0 Å². The summed E-state index contributed by atoms with van der Waals surface area (Å²) in [6, 6.07) is 0. The Morgan fingerprint density at radius 1 is 1.20 bits per heavy atom. The first-order valence-corrected chi connectivity index (χ1v) is 7.78. The van der Waals surface area contributed by atoms with Crippen LogP contribution in [0.4, 0.5) is 0 Å². The Hall–Kier alpha value is 0.420. The van der Waals surface area contributed by atoms with Crippen molar-refractivity contribution in [3.05, 3.63) is 31.5 Å².